The summed E-state index contributed by atoms with van der Waals surface area (Å²) in [5, 5.41) is 9.90. The lowest BCUT2D eigenvalue weighted by atomic mass is 9.92. The fourth-order valence-corrected chi connectivity index (χ4v) is 4.47. The highest BCUT2D eigenvalue weighted by molar-refractivity contribution is 5.99. The van der Waals surface area contributed by atoms with Gasteiger partial charge >= 0.3 is 0 Å². The number of hydrogen-bond acceptors (Lipinski definition) is 5. The number of hydrogen-bond donors (Lipinski definition) is 1. The Morgan fingerprint density at radius 1 is 1.03 bits per heavy atom. The molecule has 1 aliphatic rings. The van der Waals surface area contributed by atoms with Crippen molar-refractivity contribution in [1.82, 2.24) is 0 Å². The molecule has 0 unspecified atom stereocenters. The molecule has 0 aliphatic carbocycles. The molecule has 0 spiro atoms. The summed E-state index contributed by atoms with van der Waals surface area (Å²) in [6.07, 6.45) is 4.71. The molecule has 3 aromatic carbocycles. The number of carbonyl (C=O) groups excluding carboxylic acids is 1. The van der Waals surface area contributed by atoms with Crippen LogP contribution in [-0.4, -0.2) is 23.1 Å². The zero-order valence-corrected chi connectivity index (χ0v) is 21.5. The van der Waals surface area contributed by atoms with Gasteiger partial charge in [-0.3, -0.25) is 4.79 Å². The SMILES string of the molecule is CCCCc1ccc(C(=O)COc2c(CO)ccc3c2CCC(C)(C)O3)c(OCc2ccccc2)c1. The van der Waals surface area contributed by atoms with Crippen molar-refractivity contribution in [3.05, 3.63) is 88.5 Å². The van der Waals surface area contributed by atoms with Gasteiger partial charge in [0.05, 0.1) is 12.2 Å². The molecule has 0 radical (unpaired) electrons. The van der Waals surface area contributed by atoms with Crippen LogP contribution in [0.1, 0.15) is 72.6 Å². The molecule has 1 N–H and O–H groups in total. The van der Waals surface area contributed by atoms with Gasteiger partial charge in [0.15, 0.2) is 6.61 Å². The number of ketones is 1. The van der Waals surface area contributed by atoms with E-state index in [0.29, 0.717) is 29.2 Å². The molecule has 0 fully saturated rings. The van der Waals surface area contributed by atoms with Crippen molar-refractivity contribution in [1.29, 1.82) is 0 Å². The number of benzene rings is 3. The molecule has 1 aliphatic heterocycles. The van der Waals surface area contributed by atoms with E-state index in [9.17, 15) is 9.90 Å². The third kappa shape index (κ3) is 6.27. The lowest BCUT2D eigenvalue weighted by molar-refractivity contribution is 0.0813. The smallest absolute Gasteiger partial charge is 0.203 e. The van der Waals surface area contributed by atoms with Crippen molar-refractivity contribution in [2.75, 3.05) is 6.61 Å². The third-order valence-electron chi connectivity index (χ3n) is 6.58. The topological polar surface area (TPSA) is 65.0 Å². The molecule has 0 saturated heterocycles. The van der Waals surface area contributed by atoms with Crippen molar-refractivity contribution in [3.63, 3.8) is 0 Å². The van der Waals surface area contributed by atoms with E-state index in [1.165, 1.54) is 0 Å². The van der Waals surface area contributed by atoms with Crippen LogP contribution in [0.4, 0.5) is 0 Å². The minimum absolute atomic E-state index is 0.150. The number of unbranched alkanes of at least 4 members (excludes halogenated alkanes) is 1. The summed E-state index contributed by atoms with van der Waals surface area (Å²) in [4.78, 5) is 13.3. The maximum absolute atomic E-state index is 13.3. The number of ether oxygens (including phenoxy) is 3. The molecule has 0 saturated carbocycles. The Morgan fingerprint density at radius 3 is 2.58 bits per heavy atom. The second-order valence-electron chi connectivity index (χ2n) is 9.97. The molecule has 0 bridgehead atoms. The summed E-state index contributed by atoms with van der Waals surface area (Å²) in [5.41, 5.74) is 3.99. The number of rotatable bonds is 11. The first kappa shape index (κ1) is 25.8. The van der Waals surface area contributed by atoms with Crippen molar-refractivity contribution >= 4 is 5.78 Å². The first-order valence-electron chi connectivity index (χ1n) is 12.8. The van der Waals surface area contributed by atoms with Crippen LogP contribution in [0, 0.1) is 0 Å². The van der Waals surface area contributed by atoms with Crippen molar-refractivity contribution < 1.29 is 24.1 Å². The van der Waals surface area contributed by atoms with E-state index in [2.05, 4.69) is 20.8 Å². The summed E-state index contributed by atoms with van der Waals surface area (Å²) < 4.78 is 18.3. The molecule has 5 heteroatoms. The average molecular weight is 489 g/mol. The van der Waals surface area contributed by atoms with Gasteiger partial charge in [-0.25, -0.2) is 0 Å². The molecule has 1 heterocycles. The monoisotopic (exact) mass is 488 g/mol. The summed E-state index contributed by atoms with van der Waals surface area (Å²) in [5.74, 6) is 1.70. The number of Topliss-reactive ketones (excluding diaryl/α,β-unsaturated/α-hetero) is 1. The van der Waals surface area contributed by atoms with Crippen LogP contribution < -0.4 is 14.2 Å². The number of fused-ring (bicyclic) bond motifs is 1. The van der Waals surface area contributed by atoms with Crippen molar-refractivity contribution in [2.45, 2.75) is 71.7 Å². The van der Waals surface area contributed by atoms with E-state index in [1.54, 1.807) is 6.07 Å². The van der Waals surface area contributed by atoms with E-state index in [0.717, 1.165) is 54.5 Å². The summed E-state index contributed by atoms with van der Waals surface area (Å²) in [6.45, 7) is 6.34. The van der Waals surface area contributed by atoms with Crippen LogP contribution in [-0.2, 0) is 26.1 Å². The Labute approximate surface area is 214 Å². The standard InChI is InChI=1S/C31H36O5/c1-4-5-9-22-12-14-25(29(18-22)34-20-23-10-7-6-8-11-23)27(33)21-35-30-24(19-32)13-15-28-26(30)16-17-31(2,3)36-28/h6-8,10-15,18,32H,4-5,9,16-17,19-21H2,1-3H3. The molecule has 4 rings (SSSR count). The van der Waals surface area contributed by atoms with E-state index in [-0.39, 0.29) is 24.6 Å². The molecular weight excluding hydrogens is 452 g/mol. The second-order valence-corrected chi connectivity index (χ2v) is 9.97. The normalized spacial score (nSPS) is 14.0. The van der Waals surface area contributed by atoms with E-state index >= 15 is 0 Å². The van der Waals surface area contributed by atoms with Gasteiger partial charge in [0.1, 0.15) is 29.5 Å². The van der Waals surface area contributed by atoms with Crippen LogP contribution in [0.25, 0.3) is 0 Å². The van der Waals surface area contributed by atoms with Crippen LogP contribution in [0.3, 0.4) is 0 Å². The van der Waals surface area contributed by atoms with Crippen LogP contribution >= 0.6 is 0 Å². The molecular formula is C31H36O5. The average Bonchev–Trinajstić information content (AvgIpc) is 2.89. The van der Waals surface area contributed by atoms with Crippen molar-refractivity contribution in [3.8, 4) is 17.2 Å². The molecule has 0 aromatic heterocycles. The number of aliphatic hydroxyl groups excluding tert-OH is 1. The highest BCUT2D eigenvalue weighted by Crippen LogP contribution is 2.40. The van der Waals surface area contributed by atoms with Gasteiger partial charge in [-0.15, -0.1) is 0 Å². The van der Waals surface area contributed by atoms with Gasteiger partial charge in [0.2, 0.25) is 5.78 Å². The Morgan fingerprint density at radius 2 is 1.83 bits per heavy atom. The summed E-state index contributed by atoms with van der Waals surface area (Å²) in [6, 6.07) is 19.4. The molecule has 0 atom stereocenters. The van der Waals surface area contributed by atoms with Crippen molar-refractivity contribution in [2.24, 2.45) is 0 Å². The molecule has 3 aromatic rings. The van der Waals surface area contributed by atoms with Gasteiger partial charge in [-0.2, -0.15) is 0 Å². The zero-order chi connectivity index (χ0) is 25.5. The Balaban J connectivity index is 1.55. The van der Waals surface area contributed by atoms with Gasteiger partial charge in [-0.05, 0) is 74.9 Å². The minimum atomic E-state index is -0.259. The molecule has 0 amide bonds. The first-order chi connectivity index (χ1) is 17.4. The predicted molar refractivity (Wildman–Crippen MR) is 141 cm³/mol. The fourth-order valence-electron chi connectivity index (χ4n) is 4.47. The fraction of sp³-hybridized carbons (Fsp3) is 0.387. The van der Waals surface area contributed by atoms with E-state index in [1.807, 2.05) is 54.6 Å². The zero-order valence-electron chi connectivity index (χ0n) is 21.5. The maximum atomic E-state index is 13.3. The highest BCUT2D eigenvalue weighted by atomic mass is 16.5. The lowest BCUT2D eigenvalue weighted by Gasteiger charge is -2.33. The van der Waals surface area contributed by atoms with Gasteiger partial charge in [0, 0.05) is 11.1 Å². The second kappa shape index (κ2) is 11.6. The minimum Gasteiger partial charge on any atom is -0.488 e. The summed E-state index contributed by atoms with van der Waals surface area (Å²) in [7, 11) is 0. The van der Waals surface area contributed by atoms with Crippen LogP contribution in [0.5, 0.6) is 17.2 Å². The van der Waals surface area contributed by atoms with Crippen LogP contribution in [0.2, 0.25) is 0 Å². The first-order valence-corrected chi connectivity index (χ1v) is 12.8. The number of carbonyl (C=O) groups is 1. The van der Waals surface area contributed by atoms with Gasteiger partial charge < -0.3 is 19.3 Å². The van der Waals surface area contributed by atoms with E-state index < -0.39 is 0 Å². The maximum Gasteiger partial charge on any atom is 0.203 e. The van der Waals surface area contributed by atoms with Gasteiger partial charge in [-0.1, -0.05) is 49.7 Å². The quantitative estimate of drug-likeness (QED) is 0.314. The van der Waals surface area contributed by atoms with Gasteiger partial charge in [0.25, 0.3) is 0 Å². The number of aryl methyl sites for hydroxylation is 1. The van der Waals surface area contributed by atoms with Crippen LogP contribution in [0.15, 0.2) is 60.7 Å². The predicted octanol–water partition coefficient (Wildman–Crippen LogP) is 6.47. The largest absolute Gasteiger partial charge is 0.488 e. The highest BCUT2D eigenvalue weighted by Gasteiger charge is 2.30. The molecule has 36 heavy (non-hydrogen) atoms. The molecule has 190 valence electrons. The Hall–Kier alpha value is -3.31. The lowest BCUT2D eigenvalue weighted by Crippen LogP contribution is -2.33. The third-order valence-corrected chi connectivity index (χ3v) is 6.58. The summed E-state index contributed by atoms with van der Waals surface area (Å²) >= 11 is 0. The molecule has 5 nitrogen and oxygen atoms in total. The Bertz CT molecular complexity index is 1180. The number of aliphatic hydroxyl groups is 1. The van der Waals surface area contributed by atoms with E-state index in [4.69, 9.17) is 14.2 Å². The Kier molecular flexibility index (Phi) is 8.32.